The Balaban J connectivity index is 2.76. The lowest BCUT2D eigenvalue weighted by Gasteiger charge is -2.01. The Labute approximate surface area is 86.1 Å². The van der Waals surface area contributed by atoms with Crippen LogP contribution in [0.15, 0.2) is 6.33 Å². The highest BCUT2D eigenvalue weighted by Gasteiger charge is 2.10. The Bertz CT molecular complexity index is 464. The fraction of sp³-hybridized carbons (Fsp3) is 0.375. The molecule has 0 aliphatic carbocycles. The van der Waals surface area contributed by atoms with Crippen molar-refractivity contribution in [2.75, 3.05) is 12.4 Å². The molecule has 0 spiro atoms. The van der Waals surface area contributed by atoms with E-state index in [0.29, 0.717) is 5.82 Å². The minimum atomic E-state index is 0.233. The summed E-state index contributed by atoms with van der Waals surface area (Å²) < 4.78 is 1.92. The fourth-order valence-electron chi connectivity index (χ4n) is 1.32. The first kappa shape index (κ1) is 9.21. The molecule has 0 radical (unpaired) electrons. The molecule has 0 aliphatic rings. The highest BCUT2D eigenvalue weighted by molar-refractivity contribution is 6.28. The topological polar surface area (TPSA) is 55.6 Å². The zero-order valence-electron chi connectivity index (χ0n) is 7.95. The van der Waals surface area contributed by atoms with E-state index >= 15 is 0 Å². The lowest BCUT2D eigenvalue weighted by atomic mass is 10.5. The number of nitrogens with one attached hydrogen (secondary N) is 1. The average molecular weight is 212 g/mol. The molecule has 1 N–H and O–H groups in total. The van der Waals surface area contributed by atoms with Crippen molar-refractivity contribution in [2.45, 2.75) is 13.5 Å². The summed E-state index contributed by atoms with van der Waals surface area (Å²) in [4.78, 5) is 12.4. The number of imidazole rings is 1. The van der Waals surface area contributed by atoms with Gasteiger partial charge in [-0.25, -0.2) is 4.98 Å². The van der Waals surface area contributed by atoms with Crippen LogP contribution in [0, 0.1) is 0 Å². The summed E-state index contributed by atoms with van der Waals surface area (Å²) in [5.74, 6) is 0.659. The first-order valence-electron chi connectivity index (χ1n) is 4.32. The molecule has 0 atom stereocenters. The summed E-state index contributed by atoms with van der Waals surface area (Å²) in [6.45, 7) is 2.84. The number of hydrogen-bond donors (Lipinski definition) is 1. The predicted molar refractivity (Wildman–Crippen MR) is 55.6 cm³/mol. The van der Waals surface area contributed by atoms with E-state index in [-0.39, 0.29) is 5.28 Å². The molecule has 0 bridgehead atoms. The second kappa shape index (κ2) is 3.42. The number of aromatic nitrogens is 4. The van der Waals surface area contributed by atoms with Crippen LogP contribution in [-0.4, -0.2) is 26.6 Å². The van der Waals surface area contributed by atoms with Crippen molar-refractivity contribution < 1.29 is 0 Å². The summed E-state index contributed by atoms with van der Waals surface area (Å²) in [7, 11) is 1.78. The molecule has 0 amide bonds. The average Bonchev–Trinajstić information content (AvgIpc) is 2.59. The van der Waals surface area contributed by atoms with Gasteiger partial charge in [0.25, 0.3) is 0 Å². The van der Waals surface area contributed by atoms with Crippen LogP contribution in [-0.2, 0) is 6.54 Å². The molecule has 14 heavy (non-hydrogen) atoms. The lowest BCUT2D eigenvalue weighted by molar-refractivity contribution is 0.777. The van der Waals surface area contributed by atoms with Gasteiger partial charge in [0, 0.05) is 13.6 Å². The van der Waals surface area contributed by atoms with Crippen molar-refractivity contribution in [3.05, 3.63) is 11.6 Å². The molecule has 0 aromatic carbocycles. The summed E-state index contributed by atoms with van der Waals surface area (Å²) in [5, 5.41) is 3.17. The van der Waals surface area contributed by atoms with Crippen LogP contribution in [0.1, 0.15) is 6.92 Å². The van der Waals surface area contributed by atoms with E-state index in [4.69, 9.17) is 11.6 Å². The van der Waals surface area contributed by atoms with E-state index in [1.165, 1.54) is 0 Å². The summed E-state index contributed by atoms with van der Waals surface area (Å²) in [5.41, 5.74) is 1.51. The van der Waals surface area contributed by atoms with Gasteiger partial charge in [-0.2, -0.15) is 9.97 Å². The van der Waals surface area contributed by atoms with Gasteiger partial charge >= 0.3 is 0 Å². The standard InChI is InChI=1S/C8H10ClN5/c1-3-14-4-11-5-6(10-2)12-8(9)13-7(5)14/h4H,3H2,1-2H3,(H,10,12,13). The summed E-state index contributed by atoms with van der Waals surface area (Å²) in [6, 6.07) is 0. The van der Waals surface area contributed by atoms with E-state index in [1.807, 2.05) is 11.5 Å². The van der Waals surface area contributed by atoms with Crippen molar-refractivity contribution in [1.29, 1.82) is 0 Å². The number of anilines is 1. The molecule has 0 unspecified atom stereocenters. The number of halogens is 1. The van der Waals surface area contributed by atoms with E-state index in [2.05, 4.69) is 20.3 Å². The van der Waals surface area contributed by atoms with Gasteiger partial charge in [0.1, 0.15) is 0 Å². The molecule has 2 aromatic heterocycles. The maximum atomic E-state index is 5.79. The Morgan fingerprint density at radius 2 is 2.29 bits per heavy atom. The van der Waals surface area contributed by atoms with Gasteiger partial charge in [0.15, 0.2) is 17.0 Å². The second-order valence-corrected chi connectivity index (χ2v) is 3.13. The molecule has 2 heterocycles. The SMILES string of the molecule is CCn1cnc2c(NC)nc(Cl)nc21. The normalized spacial score (nSPS) is 10.8. The van der Waals surface area contributed by atoms with Crippen LogP contribution in [0.2, 0.25) is 5.28 Å². The molecule has 2 rings (SSSR count). The van der Waals surface area contributed by atoms with Gasteiger partial charge in [-0.05, 0) is 18.5 Å². The third kappa shape index (κ3) is 1.29. The molecule has 0 aliphatic heterocycles. The van der Waals surface area contributed by atoms with Crippen LogP contribution < -0.4 is 5.32 Å². The van der Waals surface area contributed by atoms with Gasteiger partial charge in [0.2, 0.25) is 5.28 Å². The predicted octanol–water partition coefficient (Wildman–Crippen LogP) is 1.54. The first-order chi connectivity index (χ1) is 6.76. The zero-order chi connectivity index (χ0) is 10.1. The monoisotopic (exact) mass is 211 g/mol. The second-order valence-electron chi connectivity index (χ2n) is 2.79. The summed E-state index contributed by atoms with van der Waals surface area (Å²) >= 11 is 5.79. The van der Waals surface area contributed by atoms with Gasteiger partial charge in [-0.3, -0.25) is 0 Å². The molecule has 0 saturated carbocycles. The summed E-state index contributed by atoms with van der Waals surface area (Å²) in [6.07, 6.45) is 1.73. The van der Waals surface area contributed by atoms with E-state index in [0.717, 1.165) is 17.7 Å². The zero-order valence-corrected chi connectivity index (χ0v) is 8.71. The van der Waals surface area contributed by atoms with E-state index in [1.54, 1.807) is 13.4 Å². The molecule has 0 fully saturated rings. The number of nitrogens with zero attached hydrogens (tertiary/aromatic N) is 4. The van der Waals surface area contributed by atoms with Crippen molar-refractivity contribution in [3.63, 3.8) is 0 Å². The maximum Gasteiger partial charge on any atom is 0.226 e. The van der Waals surface area contributed by atoms with Crippen molar-refractivity contribution >= 4 is 28.6 Å². The van der Waals surface area contributed by atoms with Crippen LogP contribution in [0.3, 0.4) is 0 Å². The number of fused-ring (bicyclic) bond motifs is 1. The molecular formula is C8H10ClN5. The van der Waals surface area contributed by atoms with Crippen molar-refractivity contribution in [3.8, 4) is 0 Å². The minimum Gasteiger partial charge on any atom is -0.371 e. The quantitative estimate of drug-likeness (QED) is 0.766. The third-order valence-corrected chi connectivity index (χ3v) is 2.18. The molecular weight excluding hydrogens is 202 g/mol. The fourth-order valence-corrected chi connectivity index (χ4v) is 1.49. The number of rotatable bonds is 2. The first-order valence-corrected chi connectivity index (χ1v) is 4.70. The Kier molecular flexibility index (Phi) is 2.25. The number of aryl methyl sites for hydroxylation is 1. The van der Waals surface area contributed by atoms with Crippen LogP contribution >= 0.6 is 11.6 Å². The molecule has 5 nitrogen and oxygen atoms in total. The van der Waals surface area contributed by atoms with Crippen LogP contribution in [0.25, 0.3) is 11.2 Å². The number of hydrogen-bond acceptors (Lipinski definition) is 4. The van der Waals surface area contributed by atoms with Crippen molar-refractivity contribution in [1.82, 2.24) is 19.5 Å². The molecule has 0 saturated heterocycles. The van der Waals surface area contributed by atoms with Gasteiger partial charge in [-0.1, -0.05) is 0 Å². The van der Waals surface area contributed by atoms with Crippen molar-refractivity contribution in [2.24, 2.45) is 0 Å². The highest BCUT2D eigenvalue weighted by Crippen LogP contribution is 2.19. The largest absolute Gasteiger partial charge is 0.371 e. The molecule has 6 heteroatoms. The smallest absolute Gasteiger partial charge is 0.226 e. The van der Waals surface area contributed by atoms with Gasteiger partial charge in [-0.15, -0.1) is 0 Å². The lowest BCUT2D eigenvalue weighted by Crippen LogP contribution is -1.98. The van der Waals surface area contributed by atoms with Crippen LogP contribution in [0.4, 0.5) is 5.82 Å². The van der Waals surface area contributed by atoms with E-state index in [9.17, 15) is 0 Å². The maximum absolute atomic E-state index is 5.79. The Morgan fingerprint density at radius 3 is 2.93 bits per heavy atom. The van der Waals surface area contributed by atoms with Gasteiger partial charge in [0.05, 0.1) is 6.33 Å². The molecule has 2 aromatic rings. The van der Waals surface area contributed by atoms with Crippen LogP contribution in [0.5, 0.6) is 0 Å². The third-order valence-electron chi connectivity index (χ3n) is 2.01. The Morgan fingerprint density at radius 1 is 1.50 bits per heavy atom. The highest BCUT2D eigenvalue weighted by atomic mass is 35.5. The van der Waals surface area contributed by atoms with Gasteiger partial charge < -0.3 is 9.88 Å². The molecule has 74 valence electrons. The van der Waals surface area contributed by atoms with E-state index < -0.39 is 0 Å². The minimum absolute atomic E-state index is 0.233. The Hall–Kier alpha value is -1.36.